The van der Waals surface area contributed by atoms with Gasteiger partial charge in [-0.3, -0.25) is 9.59 Å². The summed E-state index contributed by atoms with van der Waals surface area (Å²) in [6.45, 7) is 4.46. The normalized spacial score (nSPS) is 10.5. The number of aliphatic carboxylic acids is 2. The summed E-state index contributed by atoms with van der Waals surface area (Å²) in [6.07, 6.45) is 27.4. The standard InChI is InChI=1S/C17H34O2.C10H20O2/c1-2-3-4-5-6-7-8-9-10-11-12-13-14-15-16-17(18)19;1-2-3-4-5-6-7-8-9-10(11)12/h2-16H2,1H3,(H,18,19);2-9H2,1H3,(H,11,12). The van der Waals surface area contributed by atoms with Gasteiger partial charge < -0.3 is 10.2 Å². The topological polar surface area (TPSA) is 74.6 Å². The Morgan fingerprint density at radius 2 is 0.581 bits per heavy atom. The van der Waals surface area contributed by atoms with Gasteiger partial charge in [-0.05, 0) is 12.8 Å². The second-order valence-electron chi connectivity index (χ2n) is 9.00. The minimum absolute atomic E-state index is 0.341. The molecule has 4 nitrogen and oxygen atoms in total. The van der Waals surface area contributed by atoms with Crippen LogP contribution in [0.1, 0.15) is 162 Å². The predicted octanol–water partition coefficient (Wildman–Crippen LogP) is 9.15. The molecule has 0 radical (unpaired) electrons. The van der Waals surface area contributed by atoms with E-state index in [0.29, 0.717) is 12.8 Å². The fourth-order valence-electron chi connectivity index (χ4n) is 3.70. The van der Waals surface area contributed by atoms with E-state index in [-0.39, 0.29) is 0 Å². The number of hydrogen-bond donors (Lipinski definition) is 2. The number of rotatable bonds is 23. The number of carboxylic acid groups (broad SMARTS) is 2. The van der Waals surface area contributed by atoms with E-state index in [2.05, 4.69) is 13.8 Å². The summed E-state index contributed by atoms with van der Waals surface area (Å²) < 4.78 is 0. The van der Waals surface area contributed by atoms with Crippen molar-refractivity contribution in [1.29, 1.82) is 0 Å². The van der Waals surface area contributed by atoms with Crippen molar-refractivity contribution in [3.05, 3.63) is 0 Å². The zero-order valence-corrected chi connectivity index (χ0v) is 21.0. The molecule has 31 heavy (non-hydrogen) atoms. The van der Waals surface area contributed by atoms with Crippen molar-refractivity contribution in [2.24, 2.45) is 0 Å². The van der Waals surface area contributed by atoms with Gasteiger partial charge in [0.05, 0.1) is 0 Å². The minimum atomic E-state index is -0.663. The molecule has 0 atom stereocenters. The zero-order chi connectivity index (χ0) is 23.4. The highest BCUT2D eigenvalue weighted by molar-refractivity contribution is 5.66. The molecule has 0 aliphatic heterocycles. The van der Waals surface area contributed by atoms with E-state index in [9.17, 15) is 9.59 Å². The molecular weight excluding hydrogens is 388 g/mol. The van der Waals surface area contributed by atoms with Crippen LogP contribution in [0.4, 0.5) is 0 Å². The Morgan fingerprint density at radius 1 is 0.387 bits per heavy atom. The Hall–Kier alpha value is -1.06. The molecule has 2 N–H and O–H groups in total. The summed E-state index contributed by atoms with van der Waals surface area (Å²) in [7, 11) is 0. The van der Waals surface area contributed by atoms with Crippen molar-refractivity contribution in [3.63, 3.8) is 0 Å². The van der Waals surface area contributed by atoms with Crippen LogP contribution in [0.25, 0.3) is 0 Å². The quantitative estimate of drug-likeness (QED) is 0.155. The van der Waals surface area contributed by atoms with Crippen LogP contribution in [0.2, 0.25) is 0 Å². The third-order valence-corrected chi connectivity index (χ3v) is 5.74. The molecule has 0 unspecified atom stereocenters. The first kappa shape index (κ1) is 32.1. The average molecular weight is 443 g/mol. The molecule has 4 heteroatoms. The molecule has 0 bridgehead atoms. The molecule has 0 saturated heterocycles. The molecule has 0 fully saturated rings. The lowest BCUT2D eigenvalue weighted by atomic mass is 10.0. The average Bonchev–Trinajstić information content (AvgIpc) is 2.73. The summed E-state index contributed by atoms with van der Waals surface area (Å²) in [5, 5.41) is 16.9. The van der Waals surface area contributed by atoms with Gasteiger partial charge in [-0.1, -0.05) is 136 Å². The Kier molecular flexibility index (Phi) is 30.0. The van der Waals surface area contributed by atoms with Gasteiger partial charge in [-0.2, -0.15) is 0 Å². The van der Waals surface area contributed by atoms with Gasteiger partial charge >= 0.3 is 11.9 Å². The molecule has 0 aliphatic carbocycles. The number of unbranched alkanes of at least 4 members (excludes halogenated alkanes) is 19. The van der Waals surface area contributed by atoms with Crippen LogP contribution >= 0.6 is 0 Å². The van der Waals surface area contributed by atoms with Gasteiger partial charge in [0, 0.05) is 12.8 Å². The smallest absolute Gasteiger partial charge is 0.303 e. The molecule has 0 aromatic carbocycles. The molecular formula is C27H54O4. The third-order valence-electron chi connectivity index (χ3n) is 5.74. The molecule has 0 saturated carbocycles. The van der Waals surface area contributed by atoms with E-state index < -0.39 is 11.9 Å². The van der Waals surface area contributed by atoms with E-state index >= 15 is 0 Å². The largest absolute Gasteiger partial charge is 0.481 e. The maximum absolute atomic E-state index is 10.3. The van der Waals surface area contributed by atoms with Crippen LogP contribution in [-0.2, 0) is 9.59 Å². The number of carbonyl (C=O) groups is 2. The molecule has 0 aromatic rings. The van der Waals surface area contributed by atoms with E-state index in [4.69, 9.17) is 10.2 Å². The summed E-state index contributed by atoms with van der Waals surface area (Å²) in [5.41, 5.74) is 0. The summed E-state index contributed by atoms with van der Waals surface area (Å²) in [4.78, 5) is 20.5. The van der Waals surface area contributed by atoms with Crippen molar-refractivity contribution < 1.29 is 19.8 Å². The van der Waals surface area contributed by atoms with E-state index in [1.54, 1.807) is 0 Å². The monoisotopic (exact) mass is 442 g/mol. The highest BCUT2D eigenvalue weighted by atomic mass is 16.4. The second-order valence-corrected chi connectivity index (χ2v) is 9.00. The van der Waals surface area contributed by atoms with Gasteiger partial charge in [0.15, 0.2) is 0 Å². The van der Waals surface area contributed by atoms with Gasteiger partial charge in [-0.25, -0.2) is 0 Å². The van der Waals surface area contributed by atoms with Crippen LogP contribution in [0.15, 0.2) is 0 Å². The first-order valence-corrected chi connectivity index (χ1v) is 13.5. The molecule has 0 aromatic heterocycles. The maximum Gasteiger partial charge on any atom is 0.303 e. The summed E-state index contributed by atoms with van der Waals surface area (Å²) in [6, 6.07) is 0. The van der Waals surface area contributed by atoms with Crippen molar-refractivity contribution in [3.8, 4) is 0 Å². The van der Waals surface area contributed by atoms with Crippen molar-refractivity contribution in [2.75, 3.05) is 0 Å². The molecule has 186 valence electrons. The lowest BCUT2D eigenvalue weighted by Crippen LogP contribution is -1.93. The van der Waals surface area contributed by atoms with Crippen LogP contribution in [0.5, 0.6) is 0 Å². The van der Waals surface area contributed by atoms with Gasteiger partial charge in [0.25, 0.3) is 0 Å². The fourth-order valence-corrected chi connectivity index (χ4v) is 3.70. The van der Waals surface area contributed by atoms with E-state index in [1.165, 1.54) is 109 Å². The Bertz CT molecular complexity index is 368. The Labute approximate surface area is 193 Å². The van der Waals surface area contributed by atoms with Crippen LogP contribution in [-0.4, -0.2) is 22.2 Å². The van der Waals surface area contributed by atoms with Crippen LogP contribution in [0, 0.1) is 0 Å². The fraction of sp³-hybridized carbons (Fsp3) is 0.926. The number of hydrogen-bond acceptors (Lipinski definition) is 2. The zero-order valence-electron chi connectivity index (χ0n) is 21.0. The summed E-state index contributed by atoms with van der Waals surface area (Å²) >= 11 is 0. The SMILES string of the molecule is CCCCCCCCCC(=O)O.CCCCCCCCCCCCCCCCC(=O)O. The van der Waals surface area contributed by atoms with E-state index in [1.807, 2.05) is 0 Å². The molecule has 0 amide bonds. The van der Waals surface area contributed by atoms with Crippen LogP contribution < -0.4 is 0 Å². The first-order valence-electron chi connectivity index (χ1n) is 13.5. The Morgan fingerprint density at radius 3 is 0.774 bits per heavy atom. The maximum atomic E-state index is 10.3. The first-order chi connectivity index (χ1) is 15.0. The highest BCUT2D eigenvalue weighted by Crippen LogP contribution is 2.13. The predicted molar refractivity (Wildman–Crippen MR) is 133 cm³/mol. The molecule has 0 rings (SSSR count). The number of carboxylic acids is 2. The molecule has 0 heterocycles. The van der Waals surface area contributed by atoms with Crippen molar-refractivity contribution in [2.45, 2.75) is 162 Å². The van der Waals surface area contributed by atoms with Crippen LogP contribution in [0.3, 0.4) is 0 Å². The third kappa shape index (κ3) is 36.6. The lowest BCUT2D eigenvalue weighted by molar-refractivity contribution is -0.138. The summed E-state index contributed by atoms with van der Waals surface area (Å²) in [5.74, 6) is -1.32. The highest BCUT2D eigenvalue weighted by Gasteiger charge is 1.97. The lowest BCUT2D eigenvalue weighted by Gasteiger charge is -2.02. The minimum Gasteiger partial charge on any atom is -0.481 e. The van der Waals surface area contributed by atoms with Gasteiger partial charge in [-0.15, -0.1) is 0 Å². The Balaban J connectivity index is 0. The van der Waals surface area contributed by atoms with E-state index in [0.717, 1.165) is 25.7 Å². The van der Waals surface area contributed by atoms with Crippen molar-refractivity contribution >= 4 is 11.9 Å². The second kappa shape index (κ2) is 28.9. The van der Waals surface area contributed by atoms with Gasteiger partial charge in [0.2, 0.25) is 0 Å². The van der Waals surface area contributed by atoms with Gasteiger partial charge in [0.1, 0.15) is 0 Å². The molecule has 0 aliphatic rings. The van der Waals surface area contributed by atoms with Crippen molar-refractivity contribution in [1.82, 2.24) is 0 Å². The molecule has 0 spiro atoms.